The molecule has 2 aromatic rings. The molecule has 1 aliphatic carbocycles. The summed E-state index contributed by atoms with van der Waals surface area (Å²) in [6.45, 7) is 19.4. The standard InChI is InChI=1S/C59H92N2O19/c1-16-45-59(11,69)52(67)34(4)48(64)32(2)29-57(9,70-14)53(80-56-50(66)44(60(12)13)27-33(3)75-56)35(5)51(36(6)55(68)77-45)79-47-30-58(10,71-15)54(38(8)76-47)78-46(63)21-22-72-23-24-73-25-26-74-40-19-20-41-43(28-40)61(39-17-18-39)31-42(37(7)62)49(41)65/h19-20,28,31-36,38-39,44-45,47,50-54,56,66-67,69H,16-18,21-27,29-30H2,1-15H3/t32-,33-,34+,35+,36-,38+,44+,45-,47?,50-,51+,52-,53-,54+,56+,57-,58-,59-/m1/s1. The summed E-state index contributed by atoms with van der Waals surface area (Å²) in [4.78, 5) is 69.2. The number of rotatable bonds is 21. The number of aromatic nitrogens is 1. The maximum absolute atomic E-state index is 14.6. The molecule has 0 radical (unpaired) electrons. The molecule has 0 amide bonds. The smallest absolute Gasteiger partial charge is 0.311 e. The monoisotopic (exact) mass is 1130 g/mol. The molecule has 1 aromatic heterocycles. The van der Waals surface area contributed by atoms with Gasteiger partial charge in [0, 0.05) is 68.1 Å². The van der Waals surface area contributed by atoms with Crippen LogP contribution in [-0.4, -0.2) is 194 Å². The Morgan fingerprint density at radius 2 is 1.48 bits per heavy atom. The molecule has 4 heterocycles. The van der Waals surface area contributed by atoms with E-state index in [2.05, 4.69) is 0 Å². The van der Waals surface area contributed by atoms with Crippen LogP contribution in [0.15, 0.2) is 29.2 Å². The minimum atomic E-state index is -2.03. The van der Waals surface area contributed by atoms with E-state index >= 15 is 0 Å². The second-order valence-electron chi connectivity index (χ2n) is 23.7. The first-order valence-corrected chi connectivity index (χ1v) is 28.5. The maximum atomic E-state index is 14.6. The average molecular weight is 1130 g/mol. The molecule has 80 heavy (non-hydrogen) atoms. The van der Waals surface area contributed by atoms with E-state index in [0.29, 0.717) is 17.6 Å². The number of nitrogens with zero attached hydrogens (tertiary/aromatic N) is 2. The molecule has 452 valence electrons. The van der Waals surface area contributed by atoms with Gasteiger partial charge in [0.05, 0.1) is 86.0 Å². The van der Waals surface area contributed by atoms with Gasteiger partial charge in [-0.05, 0) is 107 Å². The van der Waals surface area contributed by atoms with Crippen LogP contribution in [0.2, 0.25) is 0 Å². The number of carbonyl (C=O) groups excluding carboxylic acids is 4. The van der Waals surface area contributed by atoms with Gasteiger partial charge in [-0.3, -0.25) is 24.0 Å². The summed E-state index contributed by atoms with van der Waals surface area (Å²) < 4.78 is 70.5. The zero-order valence-electron chi connectivity index (χ0n) is 49.8. The van der Waals surface area contributed by atoms with Gasteiger partial charge in [-0.1, -0.05) is 27.7 Å². The van der Waals surface area contributed by atoms with E-state index in [1.807, 2.05) is 43.5 Å². The van der Waals surface area contributed by atoms with Gasteiger partial charge in [-0.25, -0.2) is 0 Å². The fourth-order valence-corrected chi connectivity index (χ4v) is 12.0. The second kappa shape index (κ2) is 27.6. The van der Waals surface area contributed by atoms with Crippen LogP contribution in [0.1, 0.15) is 138 Å². The van der Waals surface area contributed by atoms with Crippen molar-refractivity contribution >= 4 is 34.4 Å². The first-order chi connectivity index (χ1) is 37.6. The SMILES string of the molecule is CC[C@H]1OC(=O)[C@H](C)[C@@H](OC2C[C@@](C)(OC)[C@@H](OC(=O)CCOCCOCCOc3ccc4c(=O)c(C(C)=O)cn(C5CC5)c4c3)[C@H](C)O2)[C@H](C)[C@@H](O[C@@H]2O[C@H](C)C[C@H](N(C)C)[C@H]2O)[C@](C)(OC)C[C@@H](C)C(=O)[C@H](C)[C@@H](O)[C@]1(C)O. The number of hydrogen-bond acceptors (Lipinski definition) is 20. The van der Waals surface area contributed by atoms with Crippen molar-refractivity contribution in [1.82, 2.24) is 9.47 Å². The lowest BCUT2D eigenvalue weighted by Gasteiger charge is -2.50. The highest BCUT2D eigenvalue weighted by Crippen LogP contribution is 2.43. The number of esters is 2. The van der Waals surface area contributed by atoms with Gasteiger partial charge in [0.15, 0.2) is 29.9 Å². The lowest BCUT2D eigenvalue weighted by molar-refractivity contribution is -0.320. The number of benzene rings is 1. The third-order valence-electron chi connectivity index (χ3n) is 17.1. The number of ketones is 2. The lowest BCUT2D eigenvalue weighted by Crippen LogP contribution is -2.61. The van der Waals surface area contributed by atoms with E-state index in [1.54, 1.807) is 59.9 Å². The first-order valence-electron chi connectivity index (χ1n) is 28.5. The number of aliphatic hydroxyl groups excluding tert-OH is 2. The molecule has 4 fully saturated rings. The number of aliphatic hydroxyl groups is 3. The molecule has 3 aliphatic heterocycles. The number of methoxy groups -OCH3 is 2. The van der Waals surface area contributed by atoms with Gasteiger partial charge in [0.1, 0.15) is 41.5 Å². The molecule has 3 saturated heterocycles. The average Bonchev–Trinajstić information content (AvgIpc) is 4.28. The van der Waals surface area contributed by atoms with E-state index in [4.69, 9.17) is 52.1 Å². The Morgan fingerprint density at radius 1 is 0.838 bits per heavy atom. The Morgan fingerprint density at radius 3 is 2.09 bits per heavy atom. The number of carbonyl (C=O) groups is 4. The van der Waals surface area contributed by atoms with Crippen molar-refractivity contribution in [1.29, 1.82) is 0 Å². The van der Waals surface area contributed by atoms with Gasteiger partial charge >= 0.3 is 11.9 Å². The van der Waals surface area contributed by atoms with E-state index in [0.717, 1.165) is 18.4 Å². The topological polar surface area (TPSA) is 256 Å². The van der Waals surface area contributed by atoms with E-state index < -0.39 is 108 Å². The molecule has 4 aliphatic rings. The number of pyridine rings is 1. The van der Waals surface area contributed by atoms with Crippen molar-refractivity contribution in [2.45, 2.75) is 211 Å². The van der Waals surface area contributed by atoms with Crippen molar-refractivity contribution in [3.63, 3.8) is 0 Å². The molecule has 6 rings (SSSR count). The van der Waals surface area contributed by atoms with Crippen LogP contribution in [0.4, 0.5) is 0 Å². The molecule has 0 spiro atoms. The number of cyclic esters (lactones) is 1. The fraction of sp³-hybridized carbons (Fsp3) is 0.780. The highest BCUT2D eigenvalue weighted by molar-refractivity contribution is 5.97. The zero-order valence-corrected chi connectivity index (χ0v) is 49.8. The molecule has 1 saturated carbocycles. The number of fused-ring (bicyclic) bond motifs is 1. The van der Waals surface area contributed by atoms with E-state index in [-0.39, 0.29) is 99.5 Å². The Bertz CT molecular complexity index is 2480. The summed E-state index contributed by atoms with van der Waals surface area (Å²) in [6, 6.07) is 5.12. The van der Waals surface area contributed by atoms with Gasteiger partial charge in [0.2, 0.25) is 0 Å². The molecule has 0 bridgehead atoms. The molecule has 1 unspecified atom stereocenters. The summed E-state index contributed by atoms with van der Waals surface area (Å²) in [7, 11) is 6.72. The summed E-state index contributed by atoms with van der Waals surface area (Å²) >= 11 is 0. The van der Waals surface area contributed by atoms with Crippen molar-refractivity contribution in [3.8, 4) is 5.75 Å². The maximum Gasteiger partial charge on any atom is 0.311 e. The van der Waals surface area contributed by atoms with Crippen molar-refractivity contribution in [2.75, 3.05) is 61.3 Å². The normalized spacial score (nSPS) is 36.8. The fourth-order valence-electron chi connectivity index (χ4n) is 12.0. The van der Waals surface area contributed by atoms with Gasteiger partial charge in [-0.2, -0.15) is 0 Å². The van der Waals surface area contributed by atoms with Crippen LogP contribution < -0.4 is 10.2 Å². The molecule has 1 aromatic carbocycles. The summed E-state index contributed by atoms with van der Waals surface area (Å²) in [5.41, 5.74) is -3.92. The van der Waals surface area contributed by atoms with Gasteiger partial charge in [0.25, 0.3) is 0 Å². The number of ether oxygens (including phenoxy) is 11. The van der Waals surface area contributed by atoms with Crippen LogP contribution in [0.25, 0.3) is 10.9 Å². The largest absolute Gasteiger partial charge is 0.491 e. The zero-order chi connectivity index (χ0) is 59.2. The van der Waals surface area contributed by atoms with Gasteiger partial charge in [-0.15, -0.1) is 0 Å². The minimum Gasteiger partial charge on any atom is -0.491 e. The third-order valence-corrected chi connectivity index (χ3v) is 17.1. The summed E-state index contributed by atoms with van der Waals surface area (Å²) in [5, 5.41) is 35.7. The van der Waals surface area contributed by atoms with Crippen LogP contribution in [0.3, 0.4) is 0 Å². The first kappa shape index (κ1) is 65.2. The minimum absolute atomic E-state index is 0.0279. The number of hydrogen-bond donors (Lipinski definition) is 3. The van der Waals surface area contributed by atoms with E-state index in [9.17, 15) is 39.3 Å². The van der Waals surface area contributed by atoms with Crippen molar-refractivity contribution in [3.05, 3.63) is 40.2 Å². The lowest BCUT2D eigenvalue weighted by atomic mass is 9.74. The molecular formula is C59H92N2O19. The Balaban J connectivity index is 1.11. The predicted octanol–water partition coefficient (Wildman–Crippen LogP) is 5.35. The molecule has 3 N–H and O–H groups in total. The van der Waals surface area contributed by atoms with Crippen molar-refractivity contribution in [2.24, 2.45) is 23.7 Å². The van der Waals surface area contributed by atoms with Gasteiger partial charge < -0.3 is 76.9 Å². The van der Waals surface area contributed by atoms with Crippen LogP contribution in [0.5, 0.6) is 5.75 Å². The van der Waals surface area contributed by atoms with Crippen LogP contribution >= 0.6 is 0 Å². The number of likely N-dealkylation sites (N-methyl/N-ethyl adjacent to an activating group) is 1. The summed E-state index contributed by atoms with van der Waals surface area (Å²) in [6.07, 6.45) is -6.11. The molecule has 21 heteroatoms. The molecular weight excluding hydrogens is 1040 g/mol. The molecule has 18 atom stereocenters. The predicted molar refractivity (Wildman–Crippen MR) is 293 cm³/mol. The second-order valence-corrected chi connectivity index (χ2v) is 23.7. The number of Topliss-reactive ketones (excluding diaryl/α,β-unsaturated/α-hetero) is 2. The Kier molecular flexibility index (Phi) is 22.5. The Labute approximate surface area is 471 Å². The van der Waals surface area contributed by atoms with Crippen molar-refractivity contribution < 1.29 is 86.6 Å². The Hall–Kier alpha value is -3.97. The third kappa shape index (κ3) is 15.0. The van der Waals surface area contributed by atoms with Crippen LogP contribution in [-0.2, 0) is 61.8 Å². The quantitative estimate of drug-likeness (QED) is 0.0809. The highest BCUT2D eigenvalue weighted by Gasteiger charge is 2.55. The van der Waals surface area contributed by atoms with E-state index in [1.165, 1.54) is 35.0 Å². The van der Waals surface area contributed by atoms with Crippen LogP contribution in [0, 0.1) is 23.7 Å². The summed E-state index contributed by atoms with van der Waals surface area (Å²) in [5.74, 6) is -5.08. The highest BCUT2D eigenvalue weighted by atomic mass is 16.7. The molecule has 21 nitrogen and oxygen atoms in total.